The second kappa shape index (κ2) is 9.74. The summed E-state index contributed by atoms with van der Waals surface area (Å²) in [6.45, 7) is 2.53. The van der Waals surface area contributed by atoms with Crippen LogP contribution in [0.1, 0.15) is 16.7 Å². The summed E-state index contributed by atoms with van der Waals surface area (Å²) < 4.78 is 0. The maximum atomic E-state index is 9.23. The molecule has 3 aromatic carbocycles. The minimum absolute atomic E-state index is 0. The van der Waals surface area contributed by atoms with Crippen LogP contribution in [-0.2, 0) is 6.54 Å². The Hall–Kier alpha value is -2.85. The van der Waals surface area contributed by atoms with Crippen LogP contribution in [0.4, 0.5) is 5.69 Å². The van der Waals surface area contributed by atoms with Crippen LogP contribution in [0.15, 0.2) is 77.8 Å². The monoisotopic (exact) mass is 468 g/mol. The molecule has 0 unspecified atom stereocenters. The summed E-state index contributed by atoms with van der Waals surface area (Å²) in [5, 5.41) is 12.3. The van der Waals surface area contributed by atoms with Gasteiger partial charge < -0.3 is 11.1 Å². The highest BCUT2D eigenvalue weighted by Gasteiger charge is 2.04. The predicted octanol–water partition coefficient (Wildman–Crippen LogP) is 5.08. The first kappa shape index (κ1) is 20.5. The number of nitrogens with two attached hydrogens (primary N) is 1. The first-order chi connectivity index (χ1) is 12.7. The standard InChI is InChI=1S/C22H20N4.HI/c1-16-6-12-20(13-7-16)26-22(24)25-15-17-8-10-18(11-9-17)21-5-3-2-4-19(21)14-23;/h2-13H,15H2,1H3,(H3,24,25,26);1H. The van der Waals surface area contributed by atoms with E-state index in [4.69, 9.17) is 5.73 Å². The van der Waals surface area contributed by atoms with Gasteiger partial charge in [-0.1, -0.05) is 60.2 Å². The molecule has 136 valence electrons. The molecule has 5 heteroatoms. The first-order valence-corrected chi connectivity index (χ1v) is 8.38. The van der Waals surface area contributed by atoms with E-state index >= 15 is 0 Å². The van der Waals surface area contributed by atoms with Gasteiger partial charge in [-0.2, -0.15) is 5.26 Å². The molecule has 0 bridgehead atoms. The number of aryl methyl sites for hydroxylation is 1. The molecule has 0 saturated carbocycles. The van der Waals surface area contributed by atoms with Gasteiger partial charge in [0, 0.05) is 5.69 Å². The third-order valence-electron chi connectivity index (χ3n) is 4.07. The van der Waals surface area contributed by atoms with Crippen LogP contribution in [0.2, 0.25) is 0 Å². The maximum Gasteiger partial charge on any atom is 0.193 e. The second-order valence-corrected chi connectivity index (χ2v) is 6.05. The molecule has 0 amide bonds. The summed E-state index contributed by atoms with van der Waals surface area (Å²) >= 11 is 0. The van der Waals surface area contributed by atoms with Crippen molar-refractivity contribution in [1.82, 2.24) is 0 Å². The molecule has 0 radical (unpaired) electrons. The fourth-order valence-electron chi connectivity index (χ4n) is 2.62. The highest BCUT2D eigenvalue weighted by molar-refractivity contribution is 14.0. The third kappa shape index (κ3) is 5.56. The lowest BCUT2D eigenvalue weighted by atomic mass is 9.99. The van der Waals surface area contributed by atoms with Crippen LogP contribution < -0.4 is 11.1 Å². The number of nitrogens with one attached hydrogen (secondary N) is 1. The fraction of sp³-hybridized carbons (Fsp3) is 0.0909. The summed E-state index contributed by atoms with van der Waals surface area (Å²) in [4.78, 5) is 4.38. The molecule has 0 spiro atoms. The van der Waals surface area contributed by atoms with E-state index in [0.717, 1.165) is 22.4 Å². The number of anilines is 1. The molecular weight excluding hydrogens is 447 g/mol. The molecule has 3 aromatic rings. The normalized spacial score (nSPS) is 10.6. The van der Waals surface area contributed by atoms with Crippen LogP contribution in [0.25, 0.3) is 11.1 Å². The number of guanidine groups is 1. The van der Waals surface area contributed by atoms with Crippen molar-refractivity contribution in [3.63, 3.8) is 0 Å². The summed E-state index contributed by atoms with van der Waals surface area (Å²) in [7, 11) is 0. The maximum absolute atomic E-state index is 9.23. The number of benzene rings is 3. The van der Waals surface area contributed by atoms with Crippen molar-refractivity contribution in [2.24, 2.45) is 10.7 Å². The molecule has 3 N–H and O–H groups in total. The Kier molecular flexibility index (Phi) is 7.38. The number of rotatable bonds is 4. The molecule has 3 rings (SSSR count). The van der Waals surface area contributed by atoms with Gasteiger partial charge in [0.2, 0.25) is 0 Å². The number of hydrogen-bond donors (Lipinski definition) is 2. The van der Waals surface area contributed by atoms with E-state index in [1.807, 2.05) is 79.7 Å². The van der Waals surface area contributed by atoms with E-state index in [9.17, 15) is 5.26 Å². The van der Waals surface area contributed by atoms with Crippen molar-refractivity contribution in [2.45, 2.75) is 13.5 Å². The number of aliphatic imine (C=N–C) groups is 1. The molecule has 0 heterocycles. The van der Waals surface area contributed by atoms with E-state index in [1.165, 1.54) is 5.56 Å². The first-order valence-electron chi connectivity index (χ1n) is 8.38. The largest absolute Gasteiger partial charge is 0.370 e. The van der Waals surface area contributed by atoms with Crippen LogP contribution in [-0.4, -0.2) is 5.96 Å². The average molecular weight is 468 g/mol. The number of nitrogens with zero attached hydrogens (tertiary/aromatic N) is 2. The molecule has 0 aliphatic heterocycles. The quantitative estimate of drug-likeness (QED) is 0.319. The Morgan fingerprint density at radius 2 is 1.67 bits per heavy atom. The smallest absolute Gasteiger partial charge is 0.193 e. The summed E-state index contributed by atoms with van der Waals surface area (Å²) in [5.41, 5.74) is 11.7. The lowest BCUT2D eigenvalue weighted by molar-refractivity contribution is 1.06. The Bertz CT molecular complexity index is 955. The number of halogens is 1. The molecule has 0 aromatic heterocycles. The molecule has 0 aliphatic rings. The van der Waals surface area contributed by atoms with Gasteiger partial charge in [0.15, 0.2) is 5.96 Å². The van der Waals surface area contributed by atoms with E-state index in [0.29, 0.717) is 18.1 Å². The minimum Gasteiger partial charge on any atom is -0.370 e. The van der Waals surface area contributed by atoms with Crippen molar-refractivity contribution >= 4 is 35.6 Å². The molecule has 0 saturated heterocycles. The fourth-order valence-corrected chi connectivity index (χ4v) is 2.62. The zero-order valence-electron chi connectivity index (χ0n) is 15.0. The van der Waals surface area contributed by atoms with Gasteiger partial charge in [0.1, 0.15) is 0 Å². The van der Waals surface area contributed by atoms with Gasteiger partial charge in [-0.25, -0.2) is 4.99 Å². The Balaban J connectivity index is 0.00000261. The zero-order chi connectivity index (χ0) is 18.4. The van der Waals surface area contributed by atoms with E-state index < -0.39 is 0 Å². The van der Waals surface area contributed by atoms with Gasteiger partial charge in [0.25, 0.3) is 0 Å². The number of nitriles is 1. The Morgan fingerprint density at radius 1 is 1.00 bits per heavy atom. The van der Waals surface area contributed by atoms with Crippen LogP contribution in [0.5, 0.6) is 0 Å². The minimum atomic E-state index is 0. The molecular formula is C22H21IN4. The molecule has 4 nitrogen and oxygen atoms in total. The van der Waals surface area contributed by atoms with Crippen molar-refractivity contribution in [2.75, 3.05) is 5.32 Å². The number of hydrogen-bond acceptors (Lipinski definition) is 2. The zero-order valence-corrected chi connectivity index (χ0v) is 17.3. The SMILES string of the molecule is Cc1ccc(NC(N)=NCc2ccc(-c3ccccc3C#N)cc2)cc1.I. The van der Waals surface area contributed by atoms with E-state index in [-0.39, 0.29) is 24.0 Å². The van der Waals surface area contributed by atoms with Gasteiger partial charge >= 0.3 is 0 Å². The summed E-state index contributed by atoms with van der Waals surface area (Å²) in [5.74, 6) is 0.382. The van der Waals surface area contributed by atoms with Crippen LogP contribution in [0, 0.1) is 18.3 Å². The van der Waals surface area contributed by atoms with Crippen molar-refractivity contribution < 1.29 is 0 Å². The Morgan fingerprint density at radius 3 is 2.33 bits per heavy atom. The van der Waals surface area contributed by atoms with Gasteiger partial charge in [0.05, 0.1) is 18.2 Å². The van der Waals surface area contributed by atoms with Crippen molar-refractivity contribution in [3.05, 3.63) is 89.5 Å². The van der Waals surface area contributed by atoms with Crippen molar-refractivity contribution in [1.29, 1.82) is 5.26 Å². The molecule has 0 atom stereocenters. The average Bonchev–Trinajstić information content (AvgIpc) is 2.68. The molecule has 0 fully saturated rings. The second-order valence-electron chi connectivity index (χ2n) is 6.05. The topological polar surface area (TPSA) is 74.2 Å². The Labute approximate surface area is 176 Å². The van der Waals surface area contributed by atoms with Crippen molar-refractivity contribution in [3.8, 4) is 17.2 Å². The van der Waals surface area contributed by atoms with Crippen LogP contribution in [0.3, 0.4) is 0 Å². The molecule has 27 heavy (non-hydrogen) atoms. The summed E-state index contributed by atoms with van der Waals surface area (Å²) in [6.07, 6.45) is 0. The van der Waals surface area contributed by atoms with E-state index in [2.05, 4.69) is 16.4 Å². The van der Waals surface area contributed by atoms with Gasteiger partial charge in [-0.15, -0.1) is 24.0 Å². The molecule has 0 aliphatic carbocycles. The third-order valence-corrected chi connectivity index (χ3v) is 4.07. The lowest BCUT2D eigenvalue weighted by Crippen LogP contribution is -2.22. The summed E-state index contributed by atoms with van der Waals surface area (Å²) in [6, 6.07) is 25.8. The van der Waals surface area contributed by atoms with Gasteiger partial charge in [-0.3, -0.25) is 0 Å². The van der Waals surface area contributed by atoms with E-state index in [1.54, 1.807) is 0 Å². The highest BCUT2D eigenvalue weighted by atomic mass is 127. The van der Waals surface area contributed by atoms with Crippen LogP contribution >= 0.6 is 24.0 Å². The lowest BCUT2D eigenvalue weighted by Gasteiger charge is -2.07. The van der Waals surface area contributed by atoms with Gasteiger partial charge in [-0.05, 0) is 41.8 Å². The predicted molar refractivity (Wildman–Crippen MR) is 122 cm³/mol. The highest BCUT2D eigenvalue weighted by Crippen LogP contribution is 2.23.